The number of nitrogens with one attached hydrogen (secondary N) is 2. The number of nitrogens with zero attached hydrogens (tertiary/aromatic N) is 2. The summed E-state index contributed by atoms with van der Waals surface area (Å²) in [6.07, 6.45) is 6.19. The lowest BCUT2D eigenvalue weighted by atomic mass is 10.2. The molecule has 5 nitrogen and oxygen atoms in total. The number of aromatic amines is 1. The lowest BCUT2D eigenvalue weighted by Gasteiger charge is -2.13. The summed E-state index contributed by atoms with van der Waals surface area (Å²) in [7, 11) is 0. The first kappa shape index (κ1) is 13.7. The molecule has 0 spiro atoms. The first-order chi connectivity index (χ1) is 9.11. The summed E-state index contributed by atoms with van der Waals surface area (Å²) >= 11 is 5.97. The quantitative estimate of drug-likeness (QED) is 0.885. The predicted octanol–water partition coefficient (Wildman–Crippen LogP) is 2.77. The number of aryl methyl sites for hydroxylation is 1. The molecule has 2 rings (SSSR count). The van der Waals surface area contributed by atoms with Gasteiger partial charge in [0, 0.05) is 24.5 Å². The zero-order chi connectivity index (χ0) is 13.8. The molecule has 0 fully saturated rings. The van der Waals surface area contributed by atoms with Gasteiger partial charge in [0.05, 0.1) is 17.3 Å². The molecule has 1 unspecified atom stereocenters. The van der Waals surface area contributed by atoms with Crippen LogP contribution in [0.15, 0.2) is 24.7 Å². The highest BCUT2D eigenvalue weighted by molar-refractivity contribution is 6.31. The van der Waals surface area contributed by atoms with E-state index in [1.165, 1.54) is 0 Å². The monoisotopic (exact) mass is 280 g/mol. The number of amides is 1. The third-order valence-corrected chi connectivity index (χ3v) is 3.13. The minimum absolute atomic E-state index is 0.102. The average molecular weight is 281 g/mol. The minimum Gasteiger partial charge on any atom is -0.344 e. The van der Waals surface area contributed by atoms with E-state index in [0.717, 1.165) is 18.5 Å². The number of carbonyl (C=O) groups is 1. The van der Waals surface area contributed by atoms with E-state index in [1.54, 1.807) is 24.7 Å². The highest BCUT2D eigenvalue weighted by atomic mass is 35.5. The average Bonchev–Trinajstić information content (AvgIpc) is 2.99. The van der Waals surface area contributed by atoms with E-state index in [0.29, 0.717) is 10.7 Å². The first-order valence-corrected chi connectivity index (χ1v) is 6.64. The fraction of sp³-hybridized carbons (Fsp3) is 0.385. The summed E-state index contributed by atoms with van der Waals surface area (Å²) in [5.41, 5.74) is 1.52. The standard InChI is InChI=1S/C13H17ClN4O/c1-3-4-18-8-11(14)5-12(18)13(19)17-9(2)10-6-15-16-7-10/h5-9H,3-4H2,1-2H3,(H,15,16)(H,17,19). The third kappa shape index (κ3) is 3.17. The zero-order valence-corrected chi connectivity index (χ0v) is 11.7. The van der Waals surface area contributed by atoms with Crippen LogP contribution < -0.4 is 5.32 Å². The molecule has 2 N–H and O–H groups in total. The van der Waals surface area contributed by atoms with Crippen LogP contribution in [0.4, 0.5) is 0 Å². The Labute approximate surface area is 117 Å². The van der Waals surface area contributed by atoms with Crippen LogP contribution in [0, 0.1) is 0 Å². The van der Waals surface area contributed by atoms with Crippen LogP contribution in [0.25, 0.3) is 0 Å². The Morgan fingerprint density at radius 3 is 3.05 bits per heavy atom. The number of carbonyl (C=O) groups excluding carboxylic acids is 1. The number of halogens is 1. The Bertz CT molecular complexity index is 547. The summed E-state index contributed by atoms with van der Waals surface area (Å²) in [5.74, 6) is -0.131. The summed E-state index contributed by atoms with van der Waals surface area (Å²) in [5, 5.41) is 10.1. The smallest absolute Gasteiger partial charge is 0.268 e. The number of rotatable bonds is 5. The minimum atomic E-state index is -0.131. The van der Waals surface area contributed by atoms with Gasteiger partial charge in [-0.25, -0.2) is 0 Å². The summed E-state index contributed by atoms with van der Waals surface area (Å²) in [6.45, 7) is 4.75. The topological polar surface area (TPSA) is 62.7 Å². The molecule has 19 heavy (non-hydrogen) atoms. The fourth-order valence-electron chi connectivity index (χ4n) is 1.94. The molecule has 1 atom stereocenters. The maximum atomic E-state index is 12.2. The number of hydrogen-bond acceptors (Lipinski definition) is 2. The van der Waals surface area contributed by atoms with Crippen molar-refractivity contribution in [3.8, 4) is 0 Å². The van der Waals surface area contributed by atoms with Gasteiger partial charge < -0.3 is 9.88 Å². The Morgan fingerprint density at radius 1 is 1.63 bits per heavy atom. The van der Waals surface area contributed by atoms with Gasteiger partial charge in [-0.15, -0.1) is 0 Å². The maximum Gasteiger partial charge on any atom is 0.268 e. The normalized spacial score (nSPS) is 12.4. The largest absolute Gasteiger partial charge is 0.344 e. The number of aromatic nitrogens is 3. The van der Waals surface area contributed by atoms with Crippen molar-refractivity contribution in [2.75, 3.05) is 0 Å². The van der Waals surface area contributed by atoms with E-state index >= 15 is 0 Å². The van der Waals surface area contributed by atoms with Crippen molar-refractivity contribution >= 4 is 17.5 Å². The molecule has 0 aromatic carbocycles. The van der Waals surface area contributed by atoms with Crippen LogP contribution >= 0.6 is 11.6 Å². The molecule has 0 radical (unpaired) electrons. The van der Waals surface area contributed by atoms with Gasteiger partial charge in [-0.05, 0) is 19.4 Å². The van der Waals surface area contributed by atoms with E-state index in [-0.39, 0.29) is 11.9 Å². The Hall–Kier alpha value is -1.75. The van der Waals surface area contributed by atoms with Crippen LogP contribution in [0.2, 0.25) is 5.02 Å². The second-order valence-electron chi connectivity index (χ2n) is 4.46. The van der Waals surface area contributed by atoms with Gasteiger partial charge in [0.15, 0.2) is 0 Å². The van der Waals surface area contributed by atoms with Crippen LogP contribution in [0.3, 0.4) is 0 Å². The van der Waals surface area contributed by atoms with E-state index in [1.807, 2.05) is 11.5 Å². The van der Waals surface area contributed by atoms with Crippen molar-refractivity contribution in [3.05, 3.63) is 40.9 Å². The zero-order valence-electron chi connectivity index (χ0n) is 11.0. The summed E-state index contributed by atoms with van der Waals surface area (Å²) < 4.78 is 1.87. The van der Waals surface area contributed by atoms with Crippen molar-refractivity contribution in [1.82, 2.24) is 20.1 Å². The molecule has 2 heterocycles. The second kappa shape index (κ2) is 5.93. The number of H-pyrrole nitrogens is 1. The van der Waals surface area contributed by atoms with Crippen molar-refractivity contribution in [3.63, 3.8) is 0 Å². The van der Waals surface area contributed by atoms with E-state index in [9.17, 15) is 4.79 Å². The van der Waals surface area contributed by atoms with Crippen LogP contribution in [-0.2, 0) is 6.54 Å². The molecule has 2 aromatic rings. The van der Waals surface area contributed by atoms with Crippen molar-refractivity contribution in [1.29, 1.82) is 0 Å². The lowest BCUT2D eigenvalue weighted by Crippen LogP contribution is -2.28. The van der Waals surface area contributed by atoms with Gasteiger partial charge >= 0.3 is 0 Å². The van der Waals surface area contributed by atoms with E-state index in [2.05, 4.69) is 22.4 Å². The molecule has 0 saturated carbocycles. The lowest BCUT2D eigenvalue weighted by molar-refractivity contribution is 0.0930. The molecule has 0 bridgehead atoms. The molecule has 6 heteroatoms. The van der Waals surface area contributed by atoms with Crippen molar-refractivity contribution in [2.24, 2.45) is 0 Å². The van der Waals surface area contributed by atoms with Crippen molar-refractivity contribution in [2.45, 2.75) is 32.9 Å². The highest BCUT2D eigenvalue weighted by Crippen LogP contribution is 2.16. The van der Waals surface area contributed by atoms with Gasteiger partial charge in [0.1, 0.15) is 5.69 Å². The Balaban J connectivity index is 2.11. The molecular formula is C13H17ClN4O. The maximum absolute atomic E-state index is 12.2. The van der Waals surface area contributed by atoms with Gasteiger partial charge in [0.2, 0.25) is 0 Å². The van der Waals surface area contributed by atoms with Crippen LogP contribution in [-0.4, -0.2) is 20.7 Å². The summed E-state index contributed by atoms with van der Waals surface area (Å²) in [4.78, 5) is 12.2. The van der Waals surface area contributed by atoms with Gasteiger partial charge in [-0.2, -0.15) is 5.10 Å². The van der Waals surface area contributed by atoms with E-state index in [4.69, 9.17) is 11.6 Å². The predicted molar refractivity (Wildman–Crippen MR) is 74.2 cm³/mol. The van der Waals surface area contributed by atoms with Crippen molar-refractivity contribution < 1.29 is 4.79 Å². The van der Waals surface area contributed by atoms with E-state index < -0.39 is 0 Å². The molecule has 0 saturated heterocycles. The first-order valence-electron chi connectivity index (χ1n) is 6.27. The molecule has 2 aromatic heterocycles. The second-order valence-corrected chi connectivity index (χ2v) is 4.90. The molecule has 102 valence electrons. The highest BCUT2D eigenvalue weighted by Gasteiger charge is 2.16. The fourth-order valence-corrected chi connectivity index (χ4v) is 2.16. The molecule has 1 amide bonds. The third-order valence-electron chi connectivity index (χ3n) is 2.93. The summed E-state index contributed by atoms with van der Waals surface area (Å²) in [6, 6.07) is 1.59. The molecule has 0 aliphatic rings. The number of hydrogen-bond donors (Lipinski definition) is 2. The SMILES string of the molecule is CCCn1cc(Cl)cc1C(=O)NC(C)c1cn[nH]c1. The Kier molecular flexibility index (Phi) is 4.27. The molecular weight excluding hydrogens is 264 g/mol. The van der Waals surface area contributed by atoms with Crippen LogP contribution in [0.5, 0.6) is 0 Å². The van der Waals surface area contributed by atoms with Gasteiger partial charge in [-0.1, -0.05) is 18.5 Å². The molecule has 0 aliphatic carbocycles. The molecule has 0 aliphatic heterocycles. The van der Waals surface area contributed by atoms with Crippen LogP contribution in [0.1, 0.15) is 42.4 Å². The Morgan fingerprint density at radius 2 is 2.42 bits per heavy atom. The van der Waals surface area contributed by atoms with Gasteiger partial charge in [0.25, 0.3) is 5.91 Å². The van der Waals surface area contributed by atoms with Gasteiger partial charge in [-0.3, -0.25) is 9.89 Å².